The lowest BCUT2D eigenvalue weighted by atomic mass is 9.92. The number of aromatic nitrogens is 1. The lowest BCUT2D eigenvalue weighted by Crippen LogP contribution is -2.44. The number of rotatable bonds is 7. The standard InChI is InChI=1S/C31H30FN3O7/c1-40-29-25-20(27(36)21(30(37)38)14-35(25)19-9-10-19)12-22(32)26(29)34-13-18-8-5-11-33(23(18)15-34)16-24-28(42-31(39)41-24)17-6-3-2-4-7-17/h2-4,6-7,12,14,18-19,23H,5,8-11,13,15-16H2,1H3,(H,37,38)/t18-,23+/m0/s1. The van der Waals surface area contributed by atoms with Gasteiger partial charge >= 0.3 is 11.8 Å². The van der Waals surface area contributed by atoms with Gasteiger partial charge in [-0.05, 0) is 44.2 Å². The van der Waals surface area contributed by atoms with Gasteiger partial charge in [0.05, 0.1) is 24.6 Å². The molecule has 0 spiro atoms. The Kier molecular flexibility index (Phi) is 6.41. The van der Waals surface area contributed by atoms with E-state index >= 15 is 4.39 Å². The Bertz CT molecular complexity index is 1810. The summed E-state index contributed by atoms with van der Waals surface area (Å²) in [5.41, 5.74) is 0.347. The summed E-state index contributed by atoms with van der Waals surface area (Å²) < 4.78 is 34.4. The highest BCUT2D eigenvalue weighted by atomic mass is 19.1. The minimum atomic E-state index is -1.34. The summed E-state index contributed by atoms with van der Waals surface area (Å²) >= 11 is 0. The molecule has 7 rings (SSSR count). The van der Waals surface area contributed by atoms with E-state index in [0.717, 1.165) is 43.9 Å². The minimum absolute atomic E-state index is 0.00145. The van der Waals surface area contributed by atoms with Crippen molar-refractivity contribution in [3.05, 3.63) is 80.6 Å². The van der Waals surface area contributed by atoms with Gasteiger partial charge in [0.25, 0.3) is 0 Å². The number of carbonyl (C=O) groups is 1. The lowest BCUT2D eigenvalue weighted by Gasteiger charge is -2.36. The normalized spacial score (nSPS) is 20.7. The molecule has 3 fully saturated rings. The maximum Gasteiger partial charge on any atom is 0.519 e. The van der Waals surface area contributed by atoms with Crippen molar-refractivity contribution in [3.8, 4) is 17.1 Å². The van der Waals surface area contributed by atoms with E-state index in [9.17, 15) is 19.5 Å². The number of hydrogen-bond acceptors (Lipinski definition) is 8. The van der Waals surface area contributed by atoms with Crippen molar-refractivity contribution >= 4 is 22.6 Å². The Morgan fingerprint density at radius 2 is 1.90 bits per heavy atom. The summed E-state index contributed by atoms with van der Waals surface area (Å²) in [6.07, 6.45) is 4.94. The highest BCUT2D eigenvalue weighted by molar-refractivity contribution is 5.97. The molecule has 1 aliphatic carbocycles. The monoisotopic (exact) mass is 575 g/mol. The van der Waals surface area contributed by atoms with Crippen molar-refractivity contribution in [2.45, 2.75) is 44.3 Å². The molecule has 2 saturated heterocycles. The predicted molar refractivity (Wildman–Crippen MR) is 152 cm³/mol. The van der Waals surface area contributed by atoms with Gasteiger partial charge in [-0.25, -0.2) is 14.0 Å². The minimum Gasteiger partial charge on any atom is -0.492 e. The first-order chi connectivity index (χ1) is 20.3. The van der Waals surface area contributed by atoms with Crippen LogP contribution in [0, 0.1) is 11.7 Å². The maximum absolute atomic E-state index is 16.0. The number of carboxylic acids is 1. The first-order valence-corrected chi connectivity index (χ1v) is 14.2. The number of piperidine rings is 1. The van der Waals surface area contributed by atoms with Crippen LogP contribution in [0.3, 0.4) is 0 Å². The van der Waals surface area contributed by atoms with Crippen LogP contribution in [0.4, 0.5) is 10.1 Å². The smallest absolute Gasteiger partial charge is 0.492 e. The van der Waals surface area contributed by atoms with Gasteiger partial charge in [0.1, 0.15) is 11.3 Å². The zero-order chi connectivity index (χ0) is 29.1. The number of benzene rings is 2. The Hall–Kier alpha value is -4.38. The van der Waals surface area contributed by atoms with Crippen molar-refractivity contribution < 1.29 is 27.9 Å². The van der Waals surface area contributed by atoms with Crippen LogP contribution >= 0.6 is 0 Å². The Labute approximate surface area is 239 Å². The highest BCUT2D eigenvalue weighted by Crippen LogP contribution is 2.46. The number of halogens is 1. The molecule has 3 aliphatic rings. The van der Waals surface area contributed by atoms with Gasteiger partial charge in [0, 0.05) is 36.9 Å². The van der Waals surface area contributed by atoms with E-state index in [0.29, 0.717) is 36.7 Å². The van der Waals surface area contributed by atoms with Crippen molar-refractivity contribution in [1.82, 2.24) is 9.47 Å². The maximum atomic E-state index is 16.0. The van der Waals surface area contributed by atoms with Gasteiger partial charge in [0.2, 0.25) is 5.43 Å². The summed E-state index contributed by atoms with van der Waals surface area (Å²) in [5, 5.41) is 9.63. The fourth-order valence-electron chi connectivity index (χ4n) is 6.78. The zero-order valence-corrected chi connectivity index (χ0v) is 23.0. The number of fused-ring (bicyclic) bond motifs is 2. The largest absolute Gasteiger partial charge is 0.519 e. The number of carboxylic acid groups (broad SMARTS) is 1. The van der Waals surface area contributed by atoms with E-state index in [-0.39, 0.29) is 40.4 Å². The number of likely N-dealkylation sites (tertiary alicyclic amines) is 1. The predicted octanol–water partition coefficient (Wildman–Crippen LogP) is 4.50. The van der Waals surface area contributed by atoms with Gasteiger partial charge in [0.15, 0.2) is 23.1 Å². The van der Waals surface area contributed by atoms with Crippen LogP contribution in [0.2, 0.25) is 0 Å². The number of methoxy groups -OCH3 is 1. The molecular formula is C31H30FN3O7. The van der Waals surface area contributed by atoms with Gasteiger partial charge in [-0.3, -0.25) is 9.69 Å². The van der Waals surface area contributed by atoms with Crippen LogP contribution in [0.15, 0.2) is 61.0 Å². The molecule has 11 heteroatoms. The number of aromatic carboxylic acids is 1. The van der Waals surface area contributed by atoms with Crippen molar-refractivity contribution in [3.63, 3.8) is 0 Å². The first kappa shape index (κ1) is 26.5. The molecule has 218 valence electrons. The molecule has 2 atom stereocenters. The molecule has 4 heterocycles. The number of pyridine rings is 1. The third-order valence-electron chi connectivity index (χ3n) is 8.81. The quantitative estimate of drug-likeness (QED) is 0.340. The van der Waals surface area contributed by atoms with Crippen LogP contribution in [0.25, 0.3) is 22.2 Å². The fraction of sp³-hybridized carbons (Fsp3) is 0.387. The van der Waals surface area contributed by atoms with E-state index in [1.807, 2.05) is 35.2 Å². The Morgan fingerprint density at radius 3 is 2.62 bits per heavy atom. The molecule has 0 unspecified atom stereocenters. The molecule has 10 nitrogen and oxygen atoms in total. The van der Waals surface area contributed by atoms with E-state index in [2.05, 4.69) is 4.90 Å². The van der Waals surface area contributed by atoms with Crippen molar-refractivity contribution in [1.29, 1.82) is 0 Å². The highest BCUT2D eigenvalue weighted by Gasteiger charge is 2.42. The molecule has 0 bridgehead atoms. The molecule has 42 heavy (non-hydrogen) atoms. The van der Waals surface area contributed by atoms with E-state index in [1.165, 1.54) is 13.3 Å². The number of anilines is 1. The first-order valence-electron chi connectivity index (χ1n) is 14.2. The molecule has 2 aromatic carbocycles. The number of ether oxygens (including phenoxy) is 1. The van der Waals surface area contributed by atoms with Crippen LogP contribution in [-0.4, -0.2) is 53.3 Å². The van der Waals surface area contributed by atoms with Crippen LogP contribution < -0.4 is 20.9 Å². The van der Waals surface area contributed by atoms with Crippen LogP contribution in [0.1, 0.15) is 47.8 Å². The summed E-state index contributed by atoms with van der Waals surface area (Å²) in [6, 6.07) is 10.6. The van der Waals surface area contributed by atoms with Crippen molar-refractivity contribution in [2.75, 3.05) is 31.6 Å². The van der Waals surface area contributed by atoms with Crippen molar-refractivity contribution in [2.24, 2.45) is 5.92 Å². The summed E-state index contributed by atoms with van der Waals surface area (Å²) in [4.78, 5) is 41.2. The van der Waals surface area contributed by atoms with Gasteiger partial charge in [-0.2, -0.15) is 0 Å². The molecule has 1 saturated carbocycles. The van der Waals surface area contributed by atoms with Gasteiger partial charge < -0.3 is 28.1 Å². The third kappa shape index (κ3) is 4.39. The summed E-state index contributed by atoms with van der Waals surface area (Å²) in [7, 11) is 1.45. The second kappa shape index (κ2) is 10.2. The van der Waals surface area contributed by atoms with Crippen LogP contribution in [-0.2, 0) is 6.54 Å². The van der Waals surface area contributed by atoms with E-state index < -0.39 is 23.0 Å². The number of hydrogen-bond donors (Lipinski definition) is 1. The van der Waals surface area contributed by atoms with Crippen LogP contribution in [0.5, 0.6) is 5.75 Å². The Morgan fingerprint density at radius 1 is 1.12 bits per heavy atom. The second-order valence-corrected chi connectivity index (χ2v) is 11.4. The van der Waals surface area contributed by atoms with Gasteiger partial charge in [-0.1, -0.05) is 30.3 Å². The average molecular weight is 576 g/mol. The molecular weight excluding hydrogens is 545 g/mol. The lowest BCUT2D eigenvalue weighted by molar-refractivity contribution is 0.0694. The average Bonchev–Trinajstić information content (AvgIpc) is 3.62. The molecule has 0 radical (unpaired) electrons. The third-order valence-corrected chi connectivity index (χ3v) is 8.81. The zero-order valence-electron chi connectivity index (χ0n) is 23.0. The molecule has 2 aliphatic heterocycles. The molecule has 2 aromatic heterocycles. The molecule has 1 N–H and O–H groups in total. The summed E-state index contributed by atoms with van der Waals surface area (Å²) in [5.74, 6) is -1.37. The molecule has 4 aromatic rings. The topological polar surface area (TPSA) is 118 Å². The van der Waals surface area contributed by atoms with Gasteiger partial charge in [-0.15, -0.1) is 0 Å². The van der Waals surface area contributed by atoms with E-state index in [1.54, 1.807) is 4.57 Å². The fourth-order valence-corrected chi connectivity index (χ4v) is 6.78. The number of nitrogens with zero attached hydrogens (tertiary/aromatic N) is 3. The Balaban J connectivity index is 1.25. The summed E-state index contributed by atoms with van der Waals surface area (Å²) in [6.45, 7) is 2.25. The second-order valence-electron chi connectivity index (χ2n) is 11.4. The molecule has 0 amide bonds. The SMILES string of the molecule is COc1c(N2C[C@@H]3CCCN(Cc4oc(=O)oc4-c4ccccc4)[C@@H]3C2)c(F)cc2c(=O)c(C(=O)O)cn(C3CC3)c12. The van der Waals surface area contributed by atoms with E-state index in [4.69, 9.17) is 13.6 Å².